The lowest BCUT2D eigenvalue weighted by molar-refractivity contribution is -0.148. The van der Waals surface area contributed by atoms with E-state index in [0.717, 1.165) is 11.1 Å². The van der Waals surface area contributed by atoms with E-state index in [9.17, 15) is 9.59 Å². The van der Waals surface area contributed by atoms with E-state index >= 15 is 0 Å². The predicted octanol–water partition coefficient (Wildman–Crippen LogP) is 2.21. The second-order valence-electron chi connectivity index (χ2n) is 8.36. The van der Waals surface area contributed by atoms with Crippen molar-refractivity contribution in [2.75, 3.05) is 7.11 Å². The quantitative estimate of drug-likeness (QED) is 0.316. The van der Waals surface area contributed by atoms with Crippen LogP contribution in [0.15, 0.2) is 35.5 Å². The molecular weight excluding hydrogens is 364 g/mol. The Labute approximate surface area is 164 Å². The molecule has 0 saturated carbocycles. The maximum Gasteiger partial charge on any atom is 0.334 e. The zero-order chi connectivity index (χ0) is 20.2. The van der Waals surface area contributed by atoms with Gasteiger partial charge in [0.2, 0.25) is 0 Å². The fraction of sp³-hybridized carbons (Fsp3) is 0.619. The van der Waals surface area contributed by atoms with Crippen LogP contribution >= 0.6 is 0 Å². The molecule has 7 nitrogen and oxygen atoms in total. The van der Waals surface area contributed by atoms with Crippen molar-refractivity contribution in [2.24, 2.45) is 5.92 Å². The minimum atomic E-state index is -0.634. The summed E-state index contributed by atoms with van der Waals surface area (Å²) in [6.45, 7) is 9.54. The monoisotopic (exact) mass is 390 g/mol. The maximum absolute atomic E-state index is 12.4. The molecular formula is C21H26O7. The van der Waals surface area contributed by atoms with Crippen LogP contribution < -0.4 is 0 Å². The molecule has 2 saturated heterocycles. The van der Waals surface area contributed by atoms with Crippen molar-refractivity contribution in [3.8, 4) is 0 Å². The van der Waals surface area contributed by atoms with Crippen LogP contribution in [0.2, 0.25) is 0 Å². The molecule has 0 N–H and O–H groups in total. The molecule has 28 heavy (non-hydrogen) atoms. The number of epoxide rings is 1. The van der Waals surface area contributed by atoms with E-state index in [0.29, 0.717) is 18.4 Å². The number of fused-ring (bicyclic) bond motifs is 4. The van der Waals surface area contributed by atoms with E-state index in [1.807, 2.05) is 26.8 Å². The Hall–Kier alpha value is -1.96. The van der Waals surface area contributed by atoms with Gasteiger partial charge in [-0.15, -0.1) is 0 Å². The van der Waals surface area contributed by atoms with Crippen molar-refractivity contribution in [1.82, 2.24) is 0 Å². The van der Waals surface area contributed by atoms with Crippen LogP contribution in [-0.2, 0) is 33.3 Å². The summed E-state index contributed by atoms with van der Waals surface area (Å²) < 4.78 is 28.8. The molecule has 0 aromatic heterocycles. The molecule has 0 radical (unpaired) electrons. The van der Waals surface area contributed by atoms with E-state index < -0.39 is 42.0 Å². The van der Waals surface area contributed by atoms with E-state index in [1.54, 1.807) is 7.11 Å². The predicted molar refractivity (Wildman–Crippen MR) is 98.1 cm³/mol. The first-order chi connectivity index (χ1) is 13.2. The largest absolute Gasteiger partial charge is 0.458 e. The minimum Gasteiger partial charge on any atom is -0.458 e. The molecule has 1 aliphatic carbocycles. The standard InChI is InChI=1S/C21H26O7/c1-10(2)6-15(22)26-14-8-12-7-13(25-20(12)24-5)9-21(4)18(28-21)17-16(14)11(3)19(23)27-17/h6-7,13-14,16-18,20H,3,8-9H2,1-2,4-5H3/t13-,14+,16-,17+,18-,20+,21-/m1/s1. The van der Waals surface area contributed by atoms with E-state index in [4.69, 9.17) is 23.7 Å². The highest BCUT2D eigenvalue weighted by molar-refractivity contribution is 5.91. The molecule has 0 unspecified atom stereocenters. The second-order valence-corrected chi connectivity index (χ2v) is 8.36. The summed E-state index contributed by atoms with van der Waals surface area (Å²) in [5, 5.41) is 0. The summed E-state index contributed by atoms with van der Waals surface area (Å²) in [7, 11) is 1.58. The maximum atomic E-state index is 12.4. The zero-order valence-electron chi connectivity index (χ0n) is 16.6. The number of allylic oxidation sites excluding steroid dienone is 1. The van der Waals surface area contributed by atoms with Crippen LogP contribution in [-0.4, -0.2) is 55.4 Å². The Bertz CT molecular complexity index is 778. The number of hydrogen-bond donors (Lipinski definition) is 0. The average molecular weight is 390 g/mol. The highest BCUT2D eigenvalue weighted by Gasteiger charge is 2.64. The first-order valence-corrected chi connectivity index (χ1v) is 9.54. The lowest BCUT2D eigenvalue weighted by atomic mass is 9.82. The Morgan fingerprint density at radius 1 is 1.39 bits per heavy atom. The van der Waals surface area contributed by atoms with Gasteiger partial charge in [0.05, 0.1) is 17.6 Å². The molecule has 4 aliphatic rings. The average Bonchev–Trinajstić information content (AvgIpc) is 2.95. The summed E-state index contributed by atoms with van der Waals surface area (Å²) in [6, 6.07) is 0. The van der Waals surface area contributed by atoms with Crippen molar-refractivity contribution < 1.29 is 33.3 Å². The van der Waals surface area contributed by atoms with Crippen molar-refractivity contribution in [3.05, 3.63) is 35.5 Å². The van der Waals surface area contributed by atoms with Gasteiger partial charge in [0.1, 0.15) is 18.3 Å². The molecule has 3 aliphatic heterocycles. The van der Waals surface area contributed by atoms with Crippen LogP contribution in [0, 0.1) is 5.92 Å². The van der Waals surface area contributed by atoms with Crippen molar-refractivity contribution in [1.29, 1.82) is 0 Å². The van der Waals surface area contributed by atoms with Gasteiger partial charge in [0.25, 0.3) is 0 Å². The van der Waals surface area contributed by atoms with E-state index in [1.165, 1.54) is 6.08 Å². The van der Waals surface area contributed by atoms with Crippen LogP contribution in [0.4, 0.5) is 0 Å². The second kappa shape index (κ2) is 6.83. The van der Waals surface area contributed by atoms with Crippen LogP contribution in [0.3, 0.4) is 0 Å². The summed E-state index contributed by atoms with van der Waals surface area (Å²) in [5.41, 5.74) is 1.55. The summed E-state index contributed by atoms with van der Waals surface area (Å²) in [4.78, 5) is 24.7. The molecule has 0 aromatic carbocycles. The van der Waals surface area contributed by atoms with Crippen LogP contribution in [0.25, 0.3) is 0 Å². The lowest BCUT2D eigenvalue weighted by Crippen LogP contribution is -2.38. The number of methoxy groups -OCH3 is 1. The van der Waals surface area contributed by atoms with Gasteiger partial charge in [-0.1, -0.05) is 18.2 Å². The number of rotatable bonds is 3. The van der Waals surface area contributed by atoms with Gasteiger partial charge in [-0.25, -0.2) is 9.59 Å². The number of carbonyl (C=O) groups excluding carboxylic acids is 2. The Morgan fingerprint density at radius 2 is 2.14 bits per heavy atom. The Kier molecular flexibility index (Phi) is 4.72. The molecule has 4 rings (SSSR count). The third-order valence-corrected chi connectivity index (χ3v) is 5.83. The Balaban J connectivity index is 1.71. The first kappa shape index (κ1) is 19.4. The molecule has 0 spiro atoms. The van der Waals surface area contributed by atoms with Crippen molar-refractivity contribution in [3.63, 3.8) is 0 Å². The smallest absolute Gasteiger partial charge is 0.334 e. The normalized spacial score (nSPS) is 41.4. The number of carbonyl (C=O) groups is 2. The molecule has 2 bridgehead atoms. The molecule has 2 fully saturated rings. The topological polar surface area (TPSA) is 83.6 Å². The lowest BCUT2D eigenvalue weighted by Gasteiger charge is -2.28. The summed E-state index contributed by atoms with van der Waals surface area (Å²) >= 11 is 0. The minimum absolute atomic E-state index is 0.166. The summed E-state index contributed by atoms with van der Waals surface area (Å²) in [5.74, 6) is -1.41. The first-order valence-electron chi connectivity index (χ1n) is 9.54. The van der Waals surface area contributed by atoms with Gasteiger partial charge < -0.3 is 23.7 Å². The highest BCUT2D eigenvalue weighted by Crippen LogP contribution is 2.51. The molecule has 0 aromatic rings. The fourth-order valence-corrected chi connectivity index (χ4v) is 4.50. The molecule has 7 heteroatoms. The highest BCUT2D eigenvalue weighted by atomic mass is 16.7. The van der Waals surface area contributed by atoms with E-state index in [2.05, 4.69) is 6.58 Å². The summed E-state index contributed by atoms with van der Waals surface area (Å²) in [6.07, 6.45) is 2.32. The number of esters is 2. The van der Waals surface area contributed by atoms with Gasteiger partial charge >= 0.3 is 11.9 Å². The van der Waals surface area contributed by atoms with Gasteiger partial charge in [0.15, 0.2) is 6.29 Å². The van der Waals surface area contributed by atoms with Gasteiger partial charge in [-0.3, -0.25) is 0 Å². The number of ether oxygens (including phenoxy) is 5. The molecule has 3 heterocycles. The SMILES string of the molecule is C=C1C(=O)O[C@H]2[C@H]1[C@@H](OC(=O)C=C(C)C)CC1=C[C@H](C[C@@]3(C)O[C@H]23)O[C@@H]1OC. The zero-order valence-corrected chi connectivity index (χ0v) is 16.6. The Morgan fingerprint density at radius 3 is 2.82 bits per heavy atom. The van der Waals surface area contributed by atoms with Gasteiger partial charge in [-0.05, 0) is 26.3 Å². The fourth-order valence-electron chi connectivity index (χ4n) is 4.50. The molecule has 152 valence electrons. The van der Waals surface area contributed by atoms with Crippen molar-refractivity contribution in [2.45, 2.75) is 69.9 Å². The molecule has 0 amide bonds. The van der Waals surface area contributed by atoms with Gasteiger partial charge in [0, 0.05) is 31.6 Å². The van der Waals surface area contributed by atoms with Crippen LogP contribution in [0.1, 0.15) is 33.6 Å². The van der Waals surface area contributed by atoms with E-state index in [-0.39, 0.29) is 12.2 Å². The third-order valence-electron chi connectivity index (χ3n) is 5.83. The van der Waals surface area contributed by atoms with Gasteiger partial charge in [-0.2, -0.15) is 0 Å². The third kappa shape index (κ3) is 3.32. The number of hydrogen-bond acceptors (Lipinski definition) is 7. The van der Waals surface area contributed by atoms with Crippen molar-refractivity contribution >= 4 is 11.9 Å². The molecule has 7 atom stereocenters. The van der Waals surface area contributed by atoms with Crippen LogP contribution in [0.5, 0.6) is 0 Å².